The highest BCUT2D eigenvalue weighted by molar-refractivity contribution is 6.51. The van der Waals surface area contributed by atoms with E-state index in [2.05, 4.69) is 0 Å². The van der Waals surface area contributed by atoms with Gasteiger partial charge in [0.25, 0.3) is 0 Å². The largest absolute Gasteiger partial charge is 0.331 e. The van der Waals surface area contributed by atoms with Gasteiger partial charge in [-0.25, -0.2) is 0 Å². The molecule has 8 heteroatoms. The summed E-state index contributed by atoms with van der Waals surface area (Å²) in [5.41, 5.74) is 1.13. The third kappa shape index (κ3) is 1.94. The lowest BCUT2D eigenvalue weighted by Crippen LogP contribution is -1.98. The topological polar surface area (TPSA) is 9.86 Å². The molecule has 2 nitrogen and oxygen atoms in total. The summed E-state index contributed by atoms with van der Waals surface area (Å²) in [6.07, 6.45) is 0. The third-order valence-corrected chi connectivity index (χ3v) is 5.39. The molecule has 0 aliphatic carbocycles. The Hall–Kier alpha value is 0.300. The molecule has 0 unspecified atom stereocenters. The minimum absolute atomic E-state index is 0.264. The second-order valence-corrected chi connectivity index (χ2v) is 5.88. The summed E-state index contributed by atoms with van der Waals surface area (Å²) in [6, 6.07) is 0. The smallest absolute Gasteiger partial charge is 0.129 e. The van der Waals surface area contributed by atoms with Crippen molar-refractivity contribution in [2.75, 3.05) is 0 Å². The van der Waals surface area contributed by atoms with E-state index in [0.29, 0.717) is 31.7 Å². The van der Waals surface area contributed by atoms with Crippen LogP contribution in [0.3, 0.4) is 0 Å². The van der Waals surface area contributed by atoms with Crippen molar-refractivity contribution in [1.82, 2.24) is 9.13 Å². The normalized spacial score (nSPS) is 11.3. The molecule has 0 saturated carbocycles. The molecule has 2 aromatic heterocycles. The molecular weight excluding hydrogens is 361 g/mol. The number of rotatable bonds is 1. The SMILES string of the molecule is Cn1c(Cl)c(Cl)c(Cl)c1-c1c(Cl)c(Cl)c(Cl)n1C. The molecule has 2 heterocycles. The fraction of sp³-hybridized carbons (Fsp3) is 0.200. The number of hydrogen-bond acceptors (Lipinski definition) is 0. The van der Waals surface area contributed by atoms with Gasteiger partial charge in [0.15, 0.2) is 0 Å². The molecule has 2 aromatic rings. The van der Waals surface area contributed by atoms with Gasteiger partial charge >= 0.3 is 0 Å². The lowest BCUT2D eigenvalue weighted by atomic mass is 10.3. The average molecular weight is 367 g/mol. The summed E-state index contributed by atoms with van der Waals surface area (Å²) in [7, 11) is 3.45. The Labute approximate surface area is 134 Å². The van der Waals surface area contributed by atoms with Crippen molar-refractivity contribution in [3.05, 3.63) is 30.4 Å². The van der Waals surface area contributed by atoms with E-state index in [-0.39, 0.29) is 10.0 Å². The summed E-state index contributed by atoms with van der Waals surface area (Å²) < 4.78 is 3.25. The zero-order chi connectivity index (χ0) is 13.8. The van der Waals surface area contributed by atoms with Crippen LogP contribution in [0.15, 0.2) is 0 Å². The molecule has 0 N–H and O–H groups in total. The van der Waals surface area contributed by atoms with E-state index < -0.39 is 0 Å². The van der Waals surface area contributed by atoms with Crippen molar-refractivity contribution < 1.29 is 0 Å². The number of halogens is 6. The van der Waals surface area contributed by atoms with E-state index >= 15 is 0 Å². The number of nitrogens with zero attached hydrogens (tertiary/aromatic N) is 2. The molecule has 2 rings (SSSR count). The molecule has 0 aliphatic rings. The minimum atomic E-state index is 0.264. The summed E-state index contributed by atoms with van der Waals surface area (Å²) in [5, 5.41) is 1.78. The standard InChI is InChI=1S/C10H6Cl6N2/c1-17-7(3(11)5(13)9(17)15)8-4(12)6(14)10(16)18(8)2/h1-2H3. The molecule has 18 heavy (non-hydrogen) atoms. The quantitative estimate of drug-likeness (QED) is 0.590. The van der Waals surface area contributed by atoms with Gasteiger partial charge in [0.2, 0.25) is 0 Å². The van der Waals surface area contributed by atoms with Gasteiger partial charge in [0, 0.05) is 14.1 Å². The number of aromatic nitrogens is 2. The molecular formula is C10H6Cl6N2. The van der Waals surface area contributed by atoms with Gasteiger partial charge in [0.1, 0.15) is 10.3 Å². The first-order chi connectivity index (χ1) is 8.29. The van der Waals surface area contributed by atoms with Gasteiger partial charge in [0.05, 0.1) is 31.5 Å². The van der Waals surface area contributed by atoms with Gasteiger partial charge in [-0.2, -0.15) is 0 Å². The Morgan fingerprint density at radius 2 is 0.833 bits per heavy atom. The van der Waals surface area contributed by atoms with Crippen molar-refractivity contribution in [1.29, 1.82) is 0 Å². The Morgan fingerprint density at radius 1 is 0.556 bits per heavy atom. The zero-order valence-corrected chi connectivity index (χ0v) is 13.7. The van der Waals surface area contributed by atoms with Crippen molar-refractivity contribution in [3.8, 4) is 11.4 Å². The molecule has 98 valence electrons. The Bertz CT molecular complexity index is 533. The van der Waals surface area contributed by atoms with Crippen LogP contribution in [-0.2, 0) is 14.1 Å². The van der Waals surface area contributed by atoms with Crippen LogP contribution in [-0.4, -0.2) is 9.13 Å². The lowest BCUT2D eigenvalue weighted by molar-refractivity contribution is 0.887. The Balaban J connectivity index is 2.86. The average Bonchev–Trinajstić information content (AvgIpc) is 2.64. The Kier molecular flexibility index (Phi) is 4.09. The van der Waals surface area contributed by atoms with E-state index in [1.807, 2.05) is 0 Å². The maximum atomic E-state index is 6.16. The molecule has 0 amide bonds. The summed E-state index contributed by atoms with van der Waals surface area (Å²) >= 11 is 36.4. The van der Waals surface area contributed by atoms with Crippen LogP contribution >= 0.6 is 69.6 Å². The van der Waals surface area contributed by atoms with Crippen molar-refractivity contribution in [2.24, 2.45) is 14.1 Å². The predicted octanol–water partition coefficient (Wildman–Crippen LogP) is 5.95. The molecule has 0 radical (unpaired) electrons. The summed E-state index contributed by atoms with van der Waals surface area (Å²) in [5.74, 6) is 0. The van der Waals surface area contributed by atoms with Crippen LogP contribution in [0.1, 0.15) is 0 Å². The predicted molar refractivity (Wildman–Crippen MR) is 79.9 cm³/mol. The summed E-state index contributed by atoms with van der Waals surface area (Å²) in [6.45, 7) is 0. The lowest BCUT2D eigenvalue weighted by Gasteiger charge is -2.07. The first-order valence-corrected chi connectivity index (χ1v) is 6.94. The van der Waals surface area contributed by atoms with E-state index in [4.69, 9.17) is 69.6 Å². The molecule has 0 saturated heterocycles. The zero-order valence-electron chi connectivity index (χ0n) is 9.16. The molecule has 0 aromatic carbocycles. The maximum absolute atomic E-state index is 6.16. The van der Waals surface area contributed by atoms with Crippen molar-refractivity contribution >= 4 is 69.6 Å². The number of hydrogen-bond donors (Lipinski definition) is 0. The van der Waals surface area contributed by atoms with Crippen LogP contribution < -0.4 is 0 Å². The van der Waals surface area contributed by atoms with Crippen LogP contribution in [0, 0.1) is 0 Å². The fourth-order valence-corrected chi connectivity index (χ4v) is 3.20. The van der Waals surface area contributed by atoms with E-state index in [1.54, 1.807) is 23.2 Å². The minimum Gasteiger partial charge on any atom is -0.331 e. The van der Waals surface area contributed by atoms with Crippen molar-refractivity contribution in [3.63, 3.8) is 0 Å². The second-order valence-electron chi connectivity index (χ2n) is 3.65. The van der Waals surface area contributed by atoms with Gasteiger partial charge in [-0.05, 0) is 0 Å². The van der Waals surface area contributed by atoms with Crippen LogP contribution in [0.4, 0.5) is 0 Å². The van der Waals surface area contributed by atoms with Gasteiger partial charge in [-0.3, -0.25) is 0 Å². The van der Waals surface area contributed by atoms with Crippen LogP contribution in [0.2, 0.25) is 30.4 Å². The van der Waals surface area contributed by atoms with E-state index in [0.717, 1.165) is 0 Å². The van der Waals surface area contributed by atoms with Gasteiger partial charge < -0.3 is 9.13 Å². The highest BCUT2D eigenvalue weighted by Crippen LogP contribution is 2.47. The first-order valence-electron chi connectivity index (χ1n) is 4.67. The van der Waals surface area contributed by atoms with Crippen molar-refractivity contribution in [2.45, 2.75) is 0 Å². The maximum Gasteiger partial charge on any atom is 0.129 e. The van der Waals surface area contributed by atoms with Gasteiger partial charge in [-0.15, -0.1) is 0 Å². The molecule has 0 bridgehead atoms. The van der Waals surface area contributed by atoms with Crippen LogP contribution in [0.5, 0.6) is 0 Å². The fourth-order valence-electron chi connectivity index (χ4n) is 1.70. The molecule has 0 spiro atoms. The van der Waals surface area contributed by atoms with Crippen LogP contribution in [0.25, 0.3) is 11.4 Å². The highest BCUT2D eigenvalue weighted by atomic mass is 35.5. The second kappa shape index (κ2) is 5.01. The first kappa shape index (κ1) is 14.7. The molecule has 0 fully saturated rings. The molecule has 0 atom stereocenters. The van der Waals surface area contributed by atoms with E-state index in [9.17, 15) is 0 Å². The monoisotopic (exact) mass is 364 g/mol. The van der Waals surface area contributed by atoms with E-state index in [1.165, 1.54) is 0 Å². The summed E-state index contributed by atoms with van der Waals surface area (Å²) in [4.78, 5) is 0. The Morgan fingerprint density at radius 3 is 1.00 bits per heavy atom. The third-order valence-electron chi connectivity index (χ3n) is 2.65. The van der Waals surface area contributed by atoms with Gasteiger partial charge in [-0.1, -0.05) is 69.6 Å². The molecule has 0 aliphatic heterocycles. The highest BCUT2D eigenvalue weighted by Gasteiger charge is 2.26.